The second kappa shape index (κ2) is 2.39. The van der Waals surface area contributed by atoms with Crippen molar-refractivity contribution in [3.63, 3.8) is 0 Å². The minimum absolute atomic E-state index is 0.282. The number of amides is 1. The maximum absolute atomic E-state index is 11.5. The number of hydrogen-bond acceptors (Lipinski definition) is 1. The van der Waals surface area contributed by atoms with Gasteiger partial charge in [-0.2, -0.15) is 0 Å². The summed E-state index contributed by atoms with van der Waals surface area (Å²) in [4.78, 5) is 11.5. The second-order valence-electron chi connectivity index (χ2n) is 6.69. The molecule has 0 aromatic carbocycles. The first-order chi connectivity index (χ1) is 7.58. The molecule has 1 N–H and O–H groups in total. The van der Waals surface area contributed by atoms with Crippen LogP contribution < -0.4 is 5.32 Å². The van der Waals surface area contributed by atoms with Crippen LogP contribution in [-0.2, 0) is 4.79 Å². The fourth-order valence-corrected chi connectivity index (χ4v) is 5.58. The lowest BCUT2D eigenvalue weighted by molar-refractivity contribution is -0.126. The highest BCUT2D eigenvalue weighted by molar-refractivity contribution is 5.80. The summed E-state index contributed by atoms with van der Waals surface area (Å²) in [6.45, 7) is 7.67. The van der Waals surface area contributed by atoms with Gasteiger partial charge in [0.2, 0.25) is 5.91 Å². The fraction of sp³-hybridized carbons (Fsp3) is 0.786. The third-order valence-electron chi connectivity index (χ3n) is 6.43. The van der Waals surface area contributed by atoms with E-state index in [2.05, 4.69) is 18.8 Å². The minimum atomic E-state index is 0.282. The summed E-state index contributed by atoms with van der Waals surface area (Å²) in [5.41, 5.74) is 2.23. The molecule has 1 amide bonds. The van der Waals surface area contributed by atoms with Crippen molar-refractivity contribution in [3.8, 4) is 0 Å². The number of fused-ring (bicyclic) bond motifs is 2. The summed E-state index contributed by atoms with van der Waals surface area (Å²) in [6.07, 6.45) is 4.62. The molecule has 4 fully saturated rings. The van der Waals surface area contributed by atoms with E-state index < -0.39 is 0 Å². The van der Waals surface area contributed by atoms with Crippen LogP contribution in [0.1, 0.15) is 32.6 Å². The summed E-state index contributed by atoms with van der Waals surface area (Å²) in [5.74, 6) is 2.70. The molecule has 4 aliphatic rings. The minimum Gasteiger partial charge on any atom is -0.355 e. The maximum Gasteiger partial charge on any atom is 0.220 e. The van der Waals surface area contributed by atoms with Crippen LogP contribution in [0.4, 0.5) is 0 Å². The van der Waals surface area contributed by atoms with Crippen LogP contribution in [0, 0.1) is 28.6 Å². The molecule has 2 heteroatoms. The zero-order valence-electron chi connectivity index (χ0n) is 9.88. The molecule has 1 aliphatic heterocycles. The molecule has 16 heavy (non-hydrogen) atoms. The summed E-state index contributed by atoms with van der Waals surface area (Å²) in [5, 5.41) is 3.07. The average Bonchev–Trinajstić information content (AvgIpc) is 2.81. The Balaban J connectivity index is 1.77. The molecule has 86 valence electrons. The molecule has 0 aromatic heterocycles. The summed E-state index contributed by atoms with van der Waals surface area (Å²) in [6, 6.07) is 0. The van der Waals surface area contributed by atoms with E-state index in [9.17, 15) is 4.79 Å². The van der Waals surface area contributed by atoms with Crippen molar-refractivity contribution in [2.24, 2.45) is 28.6 Å². The van der Waals surface area contributed by atoms with Crippen LogP contribution in [0.15, 0.2) is 12.2 Å². The van der Waals surface area contributed by atoms with Crippen molar-refractivity contribution in [1.82, 2.24) is 5.32 Å². The fourth-order valence-electron chi connectivity index (χ4n) is 5.58. The number of rotatable bonds is 0. The summed E-state index contributed by atoms with van der Waals surface area (Å²) < 4.78 is 0. The van der Waals surface area contributed by atoms with Gasteiger partial charge >= 0.3 is 0 Å². The molecule has 4 rings (SSSR count). The molecular weight excluding hydrogens is 198 g/mol. The Morgan fingerprint density at radius 1 is 1.44 bits per heavy atom. The number of nitrogens with one attached hydrogen (secondary N) is 1. The number of carbonyl (C=O) groups excluding carboxylic acids is 1. The molecule has 3 saturated carbocycles. The lowest BCUT2D eigenvalue weighted by Crippen LogP contribution is -2.55. The Morgan fingerprint density at radius 2 is 2.25 bits per heavy atom. The Morgan fingerprint density at radius 3 is 2.94 bits per heavy atom. The molecule has 1 heterocycles. The number of carbonyl (C=O) groups is 1. The first kappa shape index (κ1) is 9.26. The van der Waals surface area contributed by atoms with Gasteiger partial charge in [-0.15, -0.1) is 0 Å². The molecule has 1 saturated heterocycles. The zero-order valence-corrected chi connectivity index (χ0v) is 9.88. The predicted octanol–water partition coefficient (Wildman–Crippen LogP) is 2.11. The molecule has 2 unspecified atom stereocenters. The first-order valence-corrected chi connectivity index (χ1v) is 6.53. The highest BCUT2D eigenvalue weighted by Crippen LogP contribution is 2.77. The second-order valence-corrected chi connectivity index (χ2v) is 6.69. The van der Waals surface area contributed by atoms with Gasteiger partial charge in [0.05, 0.1) is 0 Å². The summed E-state index contributed by atoms with van der Waals surface area (Å²) in [7, 11) is 0. The van der Waals surface area contributed by atoms with Crippen LogP contribution in [0.2, 0.25) is 0 Å². The SMILES string of the molecule is C=C1CC2[C@H]3[C@H](CCC13C)[C@@]21CNC(=O)C1. The van der Waals surface area contributed by atoms with E-state index in [1.807, 2.05) is 0 Å². The van der Waals surface area contributed by atoms with E-state index >= 15 is 0 Å². The third kappa shape index (κ3) is 0.722. The maximum atomic E-state index is 11.5. The van der Waals surface area contributed by atoms with E-state index in [0.717, 1.165) is 30.7 Å². The van der Waals surface area contributed by atoms with Gasteiger partial charge in [-0.05, 0) is 42.4 Å². The molecule has 0 bridgehead atoms. The van der Waals surface area contributed by atoms with Gasteiger partial charge in [-0.3, -0.25) is 4.79 Å². The van der Waals surface area contributed by atoms with Gasteiger partial charge in [0.25, 0.3) is 0 Å². The van der Waals surface area contributed by atoms with Crippen LogP contribution in [-0.4, -0.2) is 12.5 Å². The van der Waals surface area contributed by atoms with Crippen LogP contribution >= 0.6 is 0 Å². The van der Waals surface area contributed by atoms with E-state index in [1.54, 1.807) is 0 Å². The van der Waals surface area contributed by atoms with E-state index in [1.165, 1.54) is 24.8 Å². The van der Waals surface area contributed by atoms with Crippen molar-refractivity contribution < 1.29 is 4.79 Å². The van der Waals surface area contributed by atoms with Crippen LogP contribution in [0.25, 0.3) is 0 Å². The first-order valence-electron chi connectivity index (χ1n) is 6.53. The van der Waals surface area contributed by atoms with Crippen molar-refractivity contribution >= 4 is 5.91 Å². The largest absolute Gasteiger partial charge is 0.355 e. The smallest absolute Gasteiger partial charge is 0.220 e. The van der Waals surface area contributed by atoms with Gasteiger partial charge in [0, 0.05) is 18.4 Å². The molecule has 1 spiro atoms. The Hall–Kier alpha value is -0.790. The molecular formula is C14H19NO. The highest BCUT2D eigenvalue weighted by Gasteiger charge is 2.73. The zero-order chi connectivity index (χ0) is 11.1. The molecule has 5 atom stereocenters. The van der Waals surface area contributed by atoms with Crippen molar-refractivity contribution in [2.75, 3.05) is 6.54 Å². The van der Waals surface area contributed by atoms with Crippen molar-refractivity contribution in [3.05, 3.63) is 12.2 Å². The molecule has 0 radical (unpaired) electrons. The van der Waals surface area contributed by atoms with Gasteiger partial charge in [-0.25, -0.2) is 0 Å². The number of hydrogen-bond donors (Lipinski definition) is 1. The van der Waals surface area contributed by atoms with Gasteiger partial charge in [0.15, 0.2) is 0 Å². The standard InChI is InChI=1S/C14H19NO/c1-8-5-10-12-9(3-4-13(8,12)2)14(10)6-11(16)15-7-14/h9-10,12H,1,3-7H2,2H3,(H,15,16)/t9-,10?,12+,13?,14+/m0/s1. The van der Waals surface area contributed by atoms with E-state index in [4.69, 9.17) is 0 Å². The lowest BCUT2D eigenvalue weighted by atomic mass is 9.46. The quantitative estimate of drug-likeness (QED) is 0.619. The lowest BCUT2D eigenvalue weighted by Gasteiger charge is -2.56. The predicted molar refractivity (Wildman–Crippen MR) is 61.6 cm³/mol. The Bertz CT molecular complexity index is 415. The third-order valence-corrected chi connectivity index (χ3v) is 6.43. The molecule has 0 aromatic rings. The molecule has 2 nitrogen and oxygen atoms in total. The Labute approximate surface area is 96.5 Å². The summed E-state index contributed by atoms with van der Waals surface area (Å²) >= 11 is 0. The molecule has 3 aliphatic carbocycles. The monoisotopic (exact) mass is 217 g/mol. The van der Waals surface area contributed by atoms with Gasteiger partial charge in [0.1, 0.15) is 0 Å². The topological polar surface area (TPSA) is 29.1 Å². The van der Waals surface area contributed by atoms with E-state index in [0.29, 0.717) is 10.8 Å². The normalized spacial score (nSPS) is 57.7. The Kier molecular flexibility index (Phi) is 1.38. The highest BCUT2D eigenvalue weighted by atomic mass is 16.1. The average molecular weight is 217 g/mol. The van der Waals surface area contributed by atoms with Crippen molar-refractivity contribution in [2.45, 2.75) is 32.6 Å². The number of allylic oxidation sites excluding steroid dienone is 1. The van der Waals surface area contributed by atoms with Crippen LogP contribution in [0.5, 0.6) is 0 Å². The van der Waals surface area contributed by atoms with E-state index in [-0.39, 0.29) is 5.91 Å². The van der Waals surface area contributed by atoms with Gasteiger partial charge in [-0.1, -0.05) is 19.1 Å². The van der Waals surface area contributed by atoms with Crippen LogP contribution in [0.3, 0.4) is 0 Å². The van der Waals surface area contributed by atoms with Gasteiger partial charge < -0.3 is 5.32 Å². The van der Waals surface area contributed by atoms with Crippen molar-refractivity contribution in [1.29, 1.82) is 0 Å².